The van der Waals surface area contributed by atoms with Crippen LogP contribution in [0, 0.1) is 0 Å². The molecule has 0 aliphatic carbocycles. The fourth-order valence-corrected chi connectivity index (χ4v) is 3.95. The van der Waals surface area contributed by atoms with Crippen molar-refractivity contribution < 1.29 is 14.9 Å². The molecule has 144 valence electrons. The van der Waals surface area contributed by atoms with Gasteiger partial charge in [0.1, 0.15) is 18.5 Å². The monoisotopic (exact) mass is 375 g/mol. The predicted octanol–water partition coefficient (Wildman–Crippen LogP) is 3.72. The Morgan fingerprint density at radius 2 is 1.61 bits per heavy atom. The van der Waals surface area contributed by atoms with E-state index in [1.807, 2.05) is 60.7 Å². The van der Waals surface area contributed by atoms with Crippen LogP contribution in [0.2, 0.25) is 0 Å². The standard InChI is InChI=1S/C24H25NO3/c26-16-22(27)24(19-10-5-2-6-11-19)25-15-14-20-21(25)12-7-13-23(20)28-17-18-8-3-1-4-9-18/h1-13,22,24,26-27H,14-17H2/t22-,24+/m1/s1. The zero-order valence-corrected chi connectivity index (χ0v) is 15.7. The minimum atomic E-state index is -0.859. The molecule has 0 radical (unpaired) electrons. The summed E-state index contributed by atoms with van der Waals surface area (Å²) in [5.41, 5.74) is 4.34. The van der Waals surface area contributed by atoms with Crippen LogP contribution in [-0.2, 0) is 13.0 Å². The first-order valence-corrected chi connectivity index (χ1v) is 9.67. The molecule has 3 aromatic carbocycles. The highest BCUT2D eigenvalue weighted by molar-refractivity contribution is 5.64. The van der Waals surface area contributed by atoms with E-state index in [2.05, 4.69) is 23.1 Å². The van der Waals surface area contributed by atoms with Crippen molar-refractivity contribution in [3.05, 3.63) is 95.6 Å². The molecule has 0 bridgehead atoms. The first-order chi connectivity index (χ1) is 13.8. The zero-order valence-electron chi connectivity index (χ0n) is 15.7. The molecule has 4 rings (SSSR count). The first kappa shape index (κ1) is 18.5. The van der Waals surface area contributed by atoms with Crippen LogP contribution in [0.1, 0.15) is 22.7 Å². The van der Waals surface area contributed by atoms with Gasteiger partial charge in [0, 0.05) is 17.8 Å². The zero-order chi connectivity index (χ0) is 19.3. The molecule has 1 heterocycles. The number of benzene rings is 3. The number of aliphatic hydroxyl groups excluding tert-OH is 2. The van der Waals surface area contributed by atoms with Gasteiger partial charge in [-0.05, 0) is 29.7 Å². The smallest absolute Gasteiger partial charge is 0.125 e. The number of hydrogen-bond acceptors (Lipinski definition) is 4. The van der Waals surface area contributed by atoms with E-state index in [0.29, 0.717) is 6.61 Å². The van der Waals surface area contributed by atoms with Gasteiger partial charge < -0.3 is 19.8 Å². The molecule has 0 saturated carbocycles. The number of hydrogen-bond donors (Lipinski definition) is 2. The number of anilines is 1. The Labute approximate surface area is 165 Å². The fourth-order valence-electron chi connectivity index (χ4n) is 3.95. The van der Waals surface area contributed by atoms with Gasteiger partial charge in [0.15, 0.2) is 0 Å². The van der Waals surface area contributed by atoms with E-state index in [0.717, 1.165) is 41.1 Å². The molecule has 0 unspecified atom stereocenters. The molecular weight excluding hydrogens is 350 g/mol. The Morgan fingerprint density at radius 3 is 2.32 bits per heavy atom. The fraction of sp³-hybridized carbons (Fsp3) is 0.250. The summed E-state index contributed by atoms with van der Waals surface area (Å²) in [5.74, 6) is 0.883. The van der Waals surface area contributed by atoms with Gasteiger partial charge in [-0.3, -0.25) is 0 Å². The Bertz CT molecular complexity index is 898. The van der Waals surface area contributed by atoms with Gasteiger partial charge in [-0.1, -0.05) is 66.7 Å². The van der Waals surface area contributed by atoms with E-state index in [4.69, 9.17) is 4.74 Å². The van der Waals surface area contributed by atoms with Crippen LogP contribution in [0.4, 0.5) is 5.69 Å². The van der Waals surface area contributed by atoms with Crippen molar-refractivity contribution in [3.8, 4) is 5.75 Å². The highest BCUT2D eigenvalue weighted by atomic mass is 16.5. The lowest BCUT2D eigenvalue weighted by Gasteiger charge is -2.33. The van der Waals surface area contributed by atoms with Crippen LogP contribution in [-0.4, -0.2) is 29.5 Å². The molecule has 0 saturated heterocycles. The third-order valence-electron chi connectivity index (χ3n) is 5.29. The van der Waals surface area contributed by atoms with Crippen molar-refractivity contribution >= 4 is 5.69 Å². The maximum Gasteiger partial charge on any atom is 0.125 e. The van der Waals surface area contributed by atoms with Gasteiger partial charge in [-0.15, -0.1) is 0 Å². The molecule has 0 amide bonds. The van der Waals surface area contributed by atoms with E-state index < -0.39 is 6.10 Å². The molecule has 1 aliphatic rings. The first-order valence-electron chi connectivity index (χ1n) is 9.67. The van der Waals surface area contributed by atoms with Crippen LogP contribution in [0.15, 0.2) is 78.9 Å². The lowest BCUT2D eigenvalue weighted by Crippen LogP contribution is -2.37. The molecule has 28 heavy (non-hydrogen) atoms. The molecule has 4 nitrogen and oxygen atoms in total. The van der Waals surface area contributed by atoms with Crippen LogP contribution < -0.4 is 9.64 Å². The predicted molar refractivity (Wildman–Crippen MR) is 111 cm³/mol. The van der Waals surface area contributed by atoms with Gasteiger partial charge in [-0.2, -0.15) is 0 Å². The number of rotatable bonds is 7. The lowest BCUT2D eigenvalue weighted by atomic mass is 9.99. The molecule has 0 aromatic heterocycles. The van der Waals surface area contributed by atoms with Crippen LogP contribution in [0.3, 0.4) is 0 Å². The van der Waals surface area contributed by atoms with Crippen LogP contribution in [0.5, 0.6) is 5.75 Å². The number of aliphatic hydroxyl groups is 2. The summed E-state index contributed by atoms with van der Waals surface area (Å²) in [4.78, 5) is 2.18. The summed E-state index contributed by atoms with van der Waals surface area (Å²) in [5, 5.41) is 20.2. The summed E-state index contributed by atoms with van der Waals surface area (Å²) in [6.07, 6.45) is -0.0100. The number of ether oxygens (including phenoxy) is 1. The summed E-state index contributed by atoms with van der Waals surface area (Å²) in [6, 6.07) is 25.8. The molecule has 0 spiro atoms. The topological polar surface area (TPSA) is 52.9 Å². The van der Waals surface area contributed by atoms with Gasteiger partial charge in [0.2, 0.25) is 0 Å². The quantitative estimate of drug-likeness (QED) is 0.661. The summed E-state index contributed by atoms with van der Waals surface area (Å²) in [7, 11) is 0. The van der Waals surface area contributed by atoms with E-state index in [1.165, 1.54) is 0 Å². The van der Waals surface area contributed by atoms with Crippen LogP contribution in [0.25, 0.3) is 0 Å². The second-order valence-electron chi connectivity index (χ2n) is 7.08. The van der Waals surface area contributed by atoms with Crippen molar-refractivity contribution in [3.63, 3.8) is 0 Å². The maximum atomic E-state index is 10.6. The molecule has 2 atom stereocenters. The largest absolute Gasteiger partial charge is 0.489 e. The van der Waals surface area contributed by atoms with E-state index >= 15 is 0 Å². The van der Waals surface area contributed by atoms with Crippen molar-refractivity contribution in [2.75, 3.05) is 18.1 Å². The molecule has 3 aromatic rings. The van der Waals surface area contributed by atoms with Crippen molar-refractivity contribution in [1.29, 1.82) is 0 Å². The minimum absolute atomic E-state index is 0.282. The van der Waals surface area contributed by atoms with Gasteiger partial charge in [0.05, 0.1) is 12.6 Å². The molecular formula is C24H25NO3. The Hall–Kier alpha value is -2.82. The number of nitrogens with zero attached hydrogens (tertiary/aromatic N) is 1. The lowest BCUT2D eigenvalue weighted by molar-refractivity contribution is 0.0717. The molecule has 0 fully saturated rings. The highest BCUT2D eigenvalue weighted by Crippen LogP contribution is 2.41. The van der Waals surface area contributed by atoms with Gasteiger partial charge >= 0.3 is 0 Å². The molecule has 1 aliphatic heterocycles. The third kappa shape index (κ3) is 3.75. The van der Waals surface area contributed by atoms with Crippen molar-refractivity contribution in [1.82, 2.24) is 0 Å². The molecule has 2 N–H and O–H groups in total. The number of fused-ring (bicyclic) bond motifs is 1. The van der Waals surface area contributed by atoms with Gasteiger partial charge in [-0.25, -0.2) is 0 Å². The molecule has 4 heteroatoms. The average molecular weight is 375 g/mol. The van der Waals surface area contributed by atoms with Crippen LogP contribution >= 0.6 is 0 Å². The Kier molecular flexibility index (Phi) is 5.60. The average Bonchev–Trinajstić information content (AvgIpc) is 3.18. The SMILES string of the molecule is OC[C@@H](O)[C@H](c1ccccc1)N1CCc2c(OCc3ccccc3)cccc21. The maximum absolute atomic E-state index is 10.6. The summed E-state index contributed by atoms with van der Waals surface area (Å²) < 4.78 is 6.12. The Morgan fingerprint density at radius 1 is 0.893 bits per heavy atom. The Balaban J connectivity index is 1.61. The van der Waals surface area contributed by atoms with Crippen molar-refractivity contribution in [2.24, 2.45) is 0 Å². The minimum Gasteiger partial charge on any atom is -0.489 e. The van der Waals surface area contributed by atoms with E-state index in [-0.39, 0.29) is 12.6 Å². The summed E-state index contributed by atoms with van der Waals surface area (Å²) >= 11 is 0. The normalized spacial score (nSPS) is 15.1. The van der Waals surface area contributed by atoms with Gasteiger partial charge in [0.25, 0.3) is 0 Å². The van der Waals surface area contributed by atoms with E-state index in [1.54, 1.807) is 0 Å². The highest BCUT2D eigenvalue weighted by Gasteiger charge is 2.33. The third-order valence-corrected chi connectivity index (χ3v) is 5.29. The second-order valence-corrected chi connectivity index (χ2v) is 7.08. The van der Waals surface area contributed by atoms with E-state index in [9.17, 15) is 10.2 Å². The van der Waals surface area contributed by atoms with Crippen molar-refractivity contribution in [2.45, 2.75) is 25.2 Å². The second kappa shape index (κ2) is 8.46. The summed E-state index contributed by atoms with van der Waals surface area (Å²) in [6.45, 7) is 1.02.